The molecular weight excluding hydrogens is 244 g/mol. The lowest BCUT2D eigenvalue weighted by atomic mass is 10.1. The minimum Gasteiger partial charge on any atom is -0.478 e. The van der Waals surface area contributed by atoms with Crippen LogP contribution in [0.1, 0.15) is 10.4 Å². The van der Waals surface area contributed by atoms with E-state index in [0.717, 1.165) is 6.07 Å². The Labute approximate surface area is 89.8 Å². The Morgan fingerprint density at radius 2 is 1.94 bits per heavy atom. The monoisotopic (exact) mass is 251 g/mol. The molecule has 0 radical (unpaired) electrons. The summed E-state index contributed by atoms with van der Waals surface area (Å²) < 4.78 is 49.3. The van der Waals surface area contributed by atoms with Crippen molar-refractivity contribution in [2.24, 2.45) is 0 Å². The van der Waals surface area contributed by atoms with Crippen LogP contribution in [-0.2, 0) is 10.0 Å². The minimum atomic E-state index is -3.89. The predicted molar refractivity (Wildman–Crippen MR) is 51.8 cm³/mol. The molecule has 0 bridgehead atoms. The van der Waals surface area contributed by atoms with Crippen LogP contribution >= 0.6 is 0 Å². The van der Waals surface area contributed by atoms with Gasteiger partial charge in [-0.25, -0.2) is 22.0 Å². The summed E-state index contributed by atoms with van der Waals surface area (Å²) in [5.41, 5.74) is -1.57. The zero-order valence-electron chi connectivity index (χ0n) is 7.99. The van der Waals surface area contributed by atoms with Gasteiger partial charge in [0, 0.05) is 0 Å². The number of hydrogen-bond donors (Lipinski definition) is 2. The molecule has 2 N–H and O–H groups in total. The number of halogens is 2. The van der Waals surface area contributed by atoms with Gasteiger partial charge >= 0.3 is 5.97 Å². The van der Waals surface area contributed by atoms with E-state index in [1.54, 1.807) is 4.72 Å². The van der Waals surface area contributed by atoms with Crippen LogP contribution in [0.2, 0.25) is 0 Å². The maximum atomic E-state index is 13.2. The van der Waals surface area contributed by atoms with Crippen LogP contribution in [0.4, 0.5) is 14.5 Å². The molecule has 88 valence electrons. The van der Waals surface area contributed by atoms with E-state index < -0.39 is 38.9 Å². The van der Waals surface area contributed by atoms with Gasteiger partial charge < -0.3 is 5.11 Å². The van der Waals surface area contributed by atoms with Crippen molar-refractivity contribution in [3.05, 3.63) is 29.3 Å². The fraction of sp³-hybridized carbons (Fsp3) is 0.125. The Hall–Kier alpha value is -1.70. The Kier molecular flexibility index (Phi) is 3.13. The van der Waals surface area contributed by atoms with E-state index in [0.29, 0.717) is 12.3 Å². The van der Waals surface area contributed by atoms with E-state index in [2.05, 4.69) is 0 Å². The molecule has 0 heterocycles. The fourth-order valence-electron chi connectivity index (χ4n) is 1.01. The van der Waals surface area contributed by atoms with Crippen LogP contribution < -0.4 is 4.72 Å². The predicted octanol–water partition coefficient (Wildman–Crippen LogP) is 1.03. The van der Waals surface area contributed by atoms with Crippen molar-refractivity contribution < 1.29 is 27.1 Å². The second-order valence-electron chi connectivity index (χ2n) is 2.96. The average molecular weight is 251 g/mol. The van der Waals surface area contributed by atoms with Gasteiger partial charge in [0.15, 0.2) is 11.6 Å². The molecule has 0 spiro atoms. The molecular formula is C8H7F2NO4S. The van der Waals surface area contributed by atoms with Crippen molar-refractivity contribution in [1.29, 1.82) is 0 Å². The van der Waals surface area contributed by atoms with E-state index in [1.165, 1.54) is 0 Å². The molecule has 0 saturated heterocycles. The molecule has 8 heteroatoms. The number of carbonyl (C=O) groups is 1. The second kappa shape index (κ2) is 4.05. The average Bonchev–Trinajstić information content (AvgIpc) is 2.10. The van der Waals surface area contributed by atoms with Gasteiger partial charge in [-0.05, 0) is 12.1 Å². The van der Waals surface area contributed by atoms with Crippen molar-refractivity contribution in [3.8, 4) is 0 Å². The second-order valence-corrected chi connectivity index (χ2v) is 4.71. The number of benzene rings is 1. The summed E-state index contributed by atoms with van der Waals surface area (Å²) in [6, 6.07) is 1.38. The van der Waals surface area contributed by atoms with Gasteiger partial charge in [-0.3, -0.25) is 4.72 Å². The summed E-state index contributed by atoms with van der Waals surface area (Å²) in [6.07, 6.45) is 0.697. The largest absolute Gasteiger partial charge is 0.478 e. The van der Waals surface area contributed by atoms with Gasteiger partial charge in [0.25, 0.3) is 0 Å². The van der Waals surface area contributed by atoms with E-state index in [1.807, 2.05) is 0 Å². The van der Waals surface area contributed by atoms with Gasteiger partial charge in [-0.2, -0.15) is 0 Å². The summed E-state index contributed by atoms with van der Waals surface area (Å²) in [7, 11) is -3.89. The molecule has 0 aliphatic heterocycles. The zero-order valence-corrected chi connectivity index (χ0v) is 8.81. The van der Waals surface area contributed by atoms with Gasteiger partial charge in [0.2, 0.25) is 10.0 Å². The first-order valence-electron chi connectivity index (χ1n) is 3.91. The van der Waals surface area contributed by atoms with Crippen LogP contribution in [0.25, 0.3) is 0 Å². The fourth-order valence-corrected chi connectivity index (χ4v) is 1.58. The molecule has 0 saturated carbocycles. The molecule has 1 aromatic rings. The normalized spacial score (nSPS) is 11.2. The van der Waals surface area contributed by atoms with E-state index in [9.17, 15) is 22.0 Å². The molecule has 0 aromatic heterocycles. The third-order valence-electron chi connectivity index (χ3n) is 1.61. The van der Waals surface area contributed by atoms with Gasteiger partial charge in [0.05, 0.1) is 11.8 Å². The lowest BCUT2D eigenvalue weighted by Crippen LogP contribution is -2.15. The Bertz CT molecular complexity index is 541. The zero-order chi connectivity index (χ0) is 12.5. The molecule has 0 unspecified atom stereocenters. The first-order valence-corrected chi connectivity index (χ1v) is 5.80. The SMILES string of the molecule is CS(=O)(=O)Nc1c(C(=O)O)ccc(F)c1F. The van der Waals surface area contributed by atoms with Gasteiger partial charge in [0.1, 0.15) is 5.69 Å². The first kappa shape index (κ1) is 12.4. The smallest absolute Gasteiger partial charge is 0.337 e. The molecule has 1 rings (SSSR count). The third-order valence-corrected chi connectivity index (χ3v) is 2.19. The van der Waals surface area contributed by atoms with Gasteiger partial charge in [-0.15, -0.1) is 0 Å². The summed E-state index contributed by atoms with van der Waals surface area (Å²) in [6.45, 7) is 0. The van der Waals surface area contributed by atoms with Crippen molar-refractivity contribution in [1.82, 2.24) is 0 Å². The van der Waals surface area contributed by atoms with Crippen LogP contribution in [0, 0.1) is 11.6 Å². The maximum Gasteiger partial charge on any atom is 0.337 e. The van der Waals surface area contributed by atoms with Crippen molar-refractivity contribution in [3.63, 3.8) is 0 Å². The lowest BCUT2D eigenvalue weighted by molar-refractivity contribution is 0.0697. The van der Waals surface area contributed by atoms with Crippen LogP contribution in [-0.4, -0.2) is 25.7 Å². The van der Waals surface area contributed by atoms with Gasteiger partial charge in [-0.1, -0.05) is 0 Å². The van der Waals surface area contributed by atoms with E-state index >= 15 is 0 Å². The highest BCUT2D eigenvalue weighted by atomic mass is 32.2. The number of rotatable bonds is 3. The highest BCUT2D eigenvalue weighted by Crippen LogP contribution is 2.23. The number of carboxylic acid groups (broad SMARTS) is 1. The Morgan fingerprint density at radius 1 is 1.38 bits per heavy atom. The number of aromatic carboxylic acids is 1. The topological polar surface area (TPSA) is 83.5 Å². The third kappa shape index (κ3) is 2.66. The number of sulfonamides is 1. The number of carboxylic acids is 1. The highest BCUT2D eigenvalue weighted by molar-refractivity contribution is 7.92. The van der Waals surface area contributed by atoms with Crippen LogP contribution in [0.15, 0.2) is 12.1 Å². The maximum absolute atomic E-state index is 13.2. The standard InChI is InChI=1S/C8H7F2NO4S/c1-16(14,15)11-7-4(8(12)13)2-3-5(9)6(7)10/h2-3,11H,1H3,(H,12,13). The first-order chi connectivity index (χ1) is 7.22. The molecule has 0 aliphatic rings. The van der Waals surface area contributed by atoms with Crippen molar-refractivity contribution in [2.75, 3.05) is 11.0 Å². The summed E-state index contributed by atoms with van der Waals surface area (Å²) in [4.78, 5) is 10.6. The Morgan fingerprint density at radius 3 is 2.38 bits per heavy atom. The molecule has 0 amide bonds. The molecule has 0 atom stereocenters. The number of hydrogen-bond acceptors (Lipinski definition) is 3. The molecule has 16 heavy (non-hydrogen) atoms. The lowest BCUT2D eigenvalue weighted by Gasteiger charge is -2.09. The minimum absolute atomic E-state index is 0.603. The summed E-state index contributed by atoms with van der Waals surface area (Å²) in [5.74, 6) is -4.45. The Balaban J connectivity index is 3.44. The van der Waals surface area contributed by atoms with Crippen LogP contribution in [0.5, 0.6) is 0 Å². The number of anilines is 1. The highest BCUT2D eigenvalue weighted by Gasteiger charge is 2.20. The van der Waals surface area contributed by atoms with Crippen molar-refractivity contribution in [2.45, 2.75) is 0 Å². The van der Waals surface area contributed by atoms with Crippen molar-refractivity contribution >= 4 is 21.7 Å². The molecule has 5 nitrogen and oxygen atoms in total. The molecule has 1 aromatic carbocycles. The quantitative estimate of drug-likeness (QED) is 0.840. The molecule has 0 aliphatic carbocycles. The van der Waals surface area contributed by atoms with E-state index in [-0.39, 0.29) is 0 Å². The summed E-state index contributed by atoms with van der Waals surface area (Å²) in [5, 5.41) is 8.65. The van der Waals surface area contributed by atoms with E-state index in [4.69, 9.17) is 5.11 Å². The number of nitrogens with one attached hydrogen (secondary N) is 1. The molecule has 0 fully saturated rings. The van der Waals surface area contributed by atoms with Crippen LogP contribution in [0.3, 0.4) is 0 Å². The summed E-state index contributed by atoms with van der Waals surface area (Å²) >= 11 is 0.